The molecule has 2 rings (SSSR count). The number of nitrogens with one attached hydrogen (secondary N) is 1. The Hall–Kier alpha value is -0.860. The summed E-state index contributed by atoms with van der Waals surface area (Å²) in [4.78, 5) is 2.46. The third-order valence-electron chi connectivity index (χ3n) is 3.76. The first-order chi connectivity index (χ1) is 8.18. The molecular weight excluding hydrogens is 208 g/mol. The van der Waals surface area contributed by atoms with Crippen LogP contribution in [0.15, 0.2) is 24.3 Å². The van der Waals surface area contributed by atoms with Gasteiger partial charge >= 0.3 is 0 Å². The molecule has 1 unspecified atom stereocenters. The molecule has 1 saturated heterocycles. The van der Waals surface area contributed by atoms with E-state index in [4.69, 9.17) is 0 Å². The molecule has 1 atom stereocenters. The molecule has 0 aliphatic carbocycles. The van der Waals surface area contributed by atoms with Crippen molar-refractivity contribution in [2.75, 3.05) is 26.7 Å². The first kappa shape index (κ1) is 12.6. The molecule has 1 fully saturated rings. The lowest BCUT2D eigenvalue weighted by atomic mass is 9.97. The van der Waals surface area contributed by atoms with Crippen LogP contribution in [0.25, 0.3) is 0 Å². The smallest absolute Gasteiger partial charge is 0.0357 e. The maximum atomic E-state index is 3.47. The van der Waals surface area contributed by atoms with E-state index in [-0.39, 0.29) is 0 Å². The Labute approximate surface area is 105 Å². The zero-order chi connectivity index (χ0) is 12.3. The number of likely N-dealkylation sites (N-methyl/N-ethyl adjacent to an activating group) is 1. The highest BCUT2D eigenvalue weighted by atomic mass is 15.2. The average molecular weight is 232 g/mol. The summed E-state index contributed by atoms with van der Waals surface area (Å²) in [6.07, 6.45) is 1.21. The lowest BCUT2D eigenvalue weighted by molar-refractivity contribution is 0.258. The van der Waals surface area contributed by atoms with Crippen molar-refractivity contribution >= 4 is 0 Å². The highest BCUT2D eigenvalue weighted by Gasteiger charge is 2.18. The standard InChI is InChI=1S/C15H24N2/c1-12(2)13-4-6-14(7-5-13)15-8-9-16-10-11-17(15)3/h4-7,12,15-16H,8-11H2,1-3H3. The van der Waals surface area contributed by atoms with Gasteiger partial charge in [0.25, 0.3) is 0 Å². The first-order valence-corrected chi connectivity index (χ1v) is 6.69. The van der Waals surface area contributed by atoms with Crippen molar-refractivity contribution in [1.82, 2.24) is 10.2 Å². The van der Waals surface area contributed by atoms with Crippen LogP contribution in [0.4, 0.5) is 0 Å². The second-order valence-corrected chi connectivity index (χ2v) is 5.36. The molecule has 0 saturated carbocycles. The zero-order valence-corrected chi connectivity index (χ0v) is 11.2. The van der Waals surface area contributed by atoms with Gasteiger partial charge < -0.3 is 5.32 Å². The molecule has 0 spiro atoms. The summed E-state index contributed by atoms with van der Waals surface area (Å²) in [5.74, 6) is 0.623. The van der Waals surface area contributed by atoms with Crippen molar-refractivity contribution in [2.45, 2.75) is 32.2 Å². The Balaban J connectivity index is 2.14. The van der Waals surface area contributed by atoms with E-state index in [1.54, 1.807) is 0 Å². The van der Waals surface area contributed by atoms with E-state index in [1.165, 1.54) is 17.5 Å². The summed E-state index contributed by atoms with van der Waals surface area (Å²) in [5.41, 5.74) is 2.89. The van der Waals surface area contributed by atoms with Crippen LogP contribution >= 0.6 is 0 Å². The lowest BCUT2D eigenvalue weighted by Gasteiger charge is -2.26. The SMILES string of the molecule is CC(C)c1ccc(C2CCNCCN2C)cc1. The monoisotopic (exact) mass is 232 g/mol. The summed E-state index contributed by atoms with van der Waals surface area (Å²) in [6, 6.07) is 9.76. The second-order valence-electron chi connectivity index (χ2n) is 5.36. The molecule has 0 amide bonds. The van der Waals surface area contributed by atoms with Gasteiger partial charge in [0.15, 0.2) is 0 Å². The topological polar surface area (TPSA) is 15.3 Å². The van der Waals surface area contributed by atoms with E-state index < -0.39 is 0 Å². The van der Waals surface area contributed by atoms with Crippen LogP contribution in [0, 0.1) is 0 Å². The zero-order valence-electron chi connectivity index (χ0n) is 11.2. The molecule has 2 nitrogen and oxygen atoms in total. The first-order valence-electron chi connectivity index (χ1n) is 6.69. The van der Waals surface area contributed by atoms with Gasteiger partial charge in [-0.05, 0) is 37.1 Å². The third kappa shape index (κ3) is 3.08. The van der Waals surface area contributed by atoms with Crippen molar-refractivity contribution in [3.05, 3.63) is 35.4 Å². The predicted molar refractivity (Wildman–Crippen MR) is 73.4 cm³/mol. The molecule has 1 heterocycles. The molecular formula is C15H24N2. The Kier molecular flexibility index (Phi) is 4.19. The van der Waals surface area contributed by atoms with Crippen LogP contribution in [0.2, 0.25) is 0 Å². The molecule has 0 bridgehead atoms. The van der Waals surface area contributed by atoms with Gasteiger partial charge in [-0.2, -0.15) is 0 Å². The van der Waals surface area contributed by atoms with Crippen molar-refractivity contribution in [1.29, 1.82) is 0 Å². The normalized spacial score (nSPS) is 22.7. The van der Waals surface area contributed by atoms with Gasteiger partial charge in [-0.1, -0.05) is 38.1 Å². The fourth-order valence-corrected chi connectivity index (χ4v) is 2.52. The summed E-state index contributed by atoms with van der Waals surface area (Å²) in [7, 11) is 2.23. The van der Waals surface area contributed by atoms with Crippen molar-refractivity contribution < 1.29 is 0 Å². The fraction of sp³-hybridized carbons (Fsp3) is 0.600. The fourth-order valence-electron chi connectivity index (χ4n) is 2.52. The van der Waals surface area contributed by atoms with Crippen LogP contribution in [0.1, 0.15) is 43.4 Å². The molecule has 1 aromatic carbocycles. The van der Waals surface area contributed by atoms with Crippen LogP contribution in [0.3, 0.4) is 0 Å². The molecule has 1 aromatic rings. The largest absolute Gasteiger partial charge is 0.315 e. The summed E-state index contributed by atoms with van der Waals surface area (Å²) in [5, 5.41) is 3.47. The van der Waals surface area contributed by atoms with Gasteiger partial charge in [-0.15, -0.1) is 0 Å². The minimum atomic E-state index is 0.575. The van der Waals surface area contributed by atoms with Crippen LogP contribution in [-0.2, 0) is 0 Å². The van der Waals surface area contributed by atoms with Crippen LogP contribution in [-0.4, -0.2) is 31.6 Å². The van der Waals surface area contributed by atoms with E-state index >= 15 is 0 Å². The number of rotatable bonds is 2. The molecule has 0 radical (unpaired) electrons. The van der Waals surface area contributed by atoms with E-state index in [1.807, 2.05) is 0 Å². The number of hydrogen-bond acceptors (Lipinski definition) is 2. The van der Waals surface area contributed by atoms with Crippen molar-refractivity contribution in [3.8, 4) is 0 Å². The van der Waals surface area contributed by atoms with Crippen LogP contribution < -0.4 is 5.32 Å². The summed E-state index contributed by atoms with van der Waals surface area (Å²) >= 11 is 0. The highest BCUT2D eigenvalue weighted by molar-refractivity contribution is 5.27. The molecule has 2 heteroatoms. The number of hydrogen-bond donors (Lipinski definition) is 1. The van der Waals surface area contributed by atoms with Gasteiger partial charge in [-0.3, -0.25) is 4.90 Å². The Morgan fingerprint density at radius 1 is 1.18 bits per heavy atom. The number of benzene rings is 1. The van der Waals surface area contributed by atoms with E-state index in [2.05, 4.69) is 55.4 Å². The maximum Gasteiger partial charge on any atom is 0.0357 e. The Bertz CT molecular complexity index is 342. The predicted octanol–water partition coefficient (Wildman–Crippen LogP) is 2.78. The van der Waals surface area contributed by atoms with Crippen LogP contribution in [0.5, 0.6) is 0 Å². The van der Waals surface area contributed by atoms with Gasteiger partial charge in [0.2, 0.25) is 0 Å². The van der Waals surface area contributed by atoms with E-state index in [0.717, 1.165) is 19.6 Å². The second kappa shape index (κ2) is 5.65. The van der Waals surface area contributed by atoms with E-state index in [0.29, 0.717) is 12.0 Å². The molecule has 0 aromatic heterocycles. The minimum absolute atomic E-state index is 0.575. The minimum Gasteiger partial charge on any atom is -0.315 e. The van der Waals surface area contributed by atoms with Gasteiger partial charge in [0, 0.05) is 19.1 Å². The van der Waals surface area contributed by atoms with Crippen molar-refractivity contribution in [3.63, 3.8) is 0 Å². The van der Waals surface area contributed by atoms with Gasteiger partial charge in [0.1, 0.15) is 0 Å². The Morgan fingerprint density at radius 2 is 1.88 bits per heavy atom. The molecule has 1 aliphatic heterocycles. The molecule has 17 heavy (non-hydrogen) atoms. The van der Waals surface area contributed by atoms with Crippen molar-refractivity contribution in [2.24, 2.45) is 0 Å². The maximum absolute atomic E-state index is 3.47. The average Bonchev–Trinajstić information content (AvgIpc) is 2.54. The van der Waals surface area contributed by atoms with E-state index in [9.17, 15) is 0 Å². The third-order valence-corrected chi connectivity index (χ3v) is 3.76. The summed E-state index contributed by atoms with van der Waals surface area (Å²) in [6.45, 7) is 7.86. The summed E-state index contributed by atoms with van der Waals surface area (Å²) < 4.78 is 0. The Morgan fingerprint density at radius 3 is 2.53 bits per heavy atom. The molecule has 94 valence electrons. The number of nitrogens with zero attached hydrogens (tertiary/aromatic N) is 1. The highest BCUT2D eigenvalue weighted by Crippen LogP contribution is 2.25. The molecule has 1 N–H and O–H groups in total. The lowest BCUT2D eigenvalue weighted by Crippen LogP contribution is -2.26. The van der Waals surface area contributed by atoms with Gasteiger partial charge in [0.05, 0.1) is 0 Å². The molecule has 1 aliphatic rings. The van der Waals surface area contributed by atoms with Gasteiger partial charge in [-0.25, -0.2) is 0 Å². The quantitative estimate of drug-likeness (QED) is 0.843.